The van der Waals surface area contributed by atoms with E-state index in [4.69, 9.17) is 0 Å². The van der Waals surface area contributed by atoms with Gasteiger partial charge in [0.2, 0.25) is 11.8 Å². The number of benzene rings is 1. The molecule has 6 heteroatoms. The molecule has 0 aliphatic carbocycles. The van der Waals surface area contributed by atoms with Crippen molar-refractivity contribution >= 4 is 22.7 Å². The Hall–Kier alpha value is -2.34. The van der Waals surface area contributed by atoms with E-state index in [1.165, 1.54) is 10.9 Å². The third-order valence-corrected chi connectivity index (χ3v) is 6.25. The van der Waals surface area contributed by atoms with Crippen LogP contribution in [0.15, 0.2) is 30.5 Å². The van der Waals surface area contributed by atoms with Gasteiger partial charge in [0.25, 0.3) is 0 Å². The average Bonchev–Trinajstić information content (AvgIpc) is 2.89. The van der Waals surface area contributed by atoms with E-state index in [2.05, 4.69) is 26.9 Å². The first-order valence-electron chi connectivity index (χ1n) is 10.3. The van der Waals surface area contributed by atoms with Crippen LogP contribution < -0.4 is 0 Å². The second-order valence-corrected chi connectivity index (χ2v) is 8.49. The Morgan fingerprint density at radius 1 is 1.14 bits per heavy atom. The fourth-order valence-electron chi connectivity index (χ4n) is 4.67. The summed E-state index contributed by atoms with van der Waals surface area (Å²) in [5.74, 6) is 0.866. The normalized spacial score (nSPS) is 22.4. The molecule has 2 amide bonds. The number of para-hydroxylation sites is 1. The number of nitrogens with one attached hydrogen (secondary N) is 1. The minimum Gasteiger partial charge on any atom is -0.361 e. The molecule has 0 saturated carbocycles. The standard InChI is InChI=1S/C22H30N4O2/c1-24(2)22(28)15-25-12-16-7-9-18(14-25)26(13-16)21(27)10-8-17-11-23-20-6-4-3-5-19(17)20/h3-6,11,16,18,23H,7-10,12-15H2,1-2H3/t16-,18+/m0/s1. The topological polar surface area (TPSA) is 59.7 Å². The van der Waals surface area contributed by atoms with Crippen molar-refractivity contribution in [3.63, 3.8) is 0 Å². The molecule has 2 aromatic rings. The molecule has 4 heterocycles. The molecular formula is C22H30N4O2. The number of aromatic amines is 1. The van der Waals surface area contributed by atoms with Gasteiger partial charge in [-0.25, -0.2) is 0 Å². The lowest BCUT2D eigenvalue weighted by Crippen LogP contribution is -2.47. The van der Waals surface area contributed by atoms with Crippen molar-refractivity contribution in [3.8, 4) is 0 Å². The van der Waals surface area contributed by atoms with Crippen LogP contribution in [0.3, 0.4) is 0 Å². The summed E-state index contributed by atoms with van der Waals surface area (Å²) < 4.78 is 0. The number of amides is 2. The number of likely N-dealkylation sites (N-methyl/N-ethyl adjacent to an activating group) is 1. The zero-order valence-electron chi connectivity index (χ0n) is 16.9. The first-order valence-corrected chi connectivity index (χ1v) is 10.3. The molecule has 0 unspecified atom stereocenters. The highest BCUT2D eigenvalue weighted by Gasteiger charge is 2.37. The molecule has 1 aromatic carbocycles. The number of carbonyl (C=O) groups excluding carboxylic acids is 2. The fraction of sp³-hybridized carbons (Fsp3) is 0.545. The van der Waals surface area contributed by atoms with Crippen LogP contribution in [0.2, 0.25) is 0 Å². The van der Waals surface area contributed by atoms with Gasteiger partial charge in [-0.1, -0.05) is 18.2 Å². The second kappa shape index (κ2) is 7.95. The van der Waals surface area contributed by atoms with E-state index in [0.29, 0.717) is 18.9 Å². The Kier molecular flexibility index (Phi) is 5.40. The number of aromatic nitrogens is 1. The number of fused-ring (bicyclic) bond motifs is 5. The summed E-state index contributed by atoms with van der Waals surface area (Å²) in [5.41, 5.74) is 2.34. The molecule has 28 heavy (non-hydrogen) atoms. The van der Waals surface area contributed by atoms with Gasteiger partial charge in [0.05, 0.1) is 6.54 Å². The van der Waals surface area contributed by atoms with Crippen molar-refractivity contribution in [2.75, 3.05) is 40.3 Å². The maximum absolute atomic E-state index is 13.0. The summed E-state index contributed by atoms with van der Waals surface area (Å²) in [6.07, 6.45) is 5.54. The molecule has 3 fully saturated rings. The zero-order valence-corrected chi connectivity index (χ0v) is 16.9. The van der Waals surface area contributed by atoms with E-state index < -0.39 is 0 Å². The zero-order chi connectivity index (χ0) is 19.7. The number of aryl methyl sites for hydroxylation is 1. The summed E-state index contributed by atoms with van der Waals surface area (Å²) in [5, 5.41) is 1.21. The summed E-state index contributed by atoms with van der Waals surface area (Å²) in [6, 6.07) is 8.48. The van der Waals surface area contributed by atoms with Crippen molar-refractivity contribution < 1.29 is 9.59 Å². The molecule has 2 atom stereocenters. The third kappa shape index (κ3) is 3.92. The van der Waals surface area contributed by atoms with Crippen molar-refractivity contribution in [3.05, 3.63) is 36.0 Å². The van der Waals surface area contributed by atoms with E-state index in [1.807, 2.05) is 18.3 Å². The van der Waals surface area contributed by atoms with E-state index in [9.17, 15) is 9.59 Å². The fourth-order valence-corrected chi connectivity index (χ4v) is 4.67. The van der Waals surface area contributed by atoms with Crippen LogP contribution in [0, 0.1) is 5.92 Å². The quantitative estimate of drug-likeness (QED) is 0.862. The predicted octanol–water partition coefficient (Wildman–Crippen LogP) is 2.11. The van der Waals surface area contributed by atoms with Gasteiger partial charge < -0.3 is 14.8 Å². The Labute approximate surface area is 166 Å². The van der Waals surface area contributed by atoms with Crippen molar-refractivity contribution in [1.29, 1.82) is 0 Å². The first kappa shape index (κ1) is 19.0. The average molecular weight is 383 g/mol. The number of H-pyrrole nitrogens is 1. The third-order valence-electron chi connectivity index (χ3n) is 6.25. The maximum Gasteiger partial charge on any atom is 0.236 e. The minimum atomic E-state index is 0.138. The molecule has 0 radical (unpaired) electrons. The molecule has 0 spiro atoms. The van der Waals surface area contributed by atoms with Crippen LogP contribution in [-0.2, 0) is 16.0 Å². The molecule has 150 valence electrons. The number of carbonyl (C=O) groups is 2. The summed E-state index contributed by atoms with van der Waals surface area (Å²) in [7, 11) is 3.60. The van der Waals surface area contributed by atoms with Crippen LogP contribution in [0.25, 0.3) is 10.9 Å². The Bertz CT molecular complexity index is 859. The monoisotopic (exact) mass is 382 g/mol. The van der Waals surface area contributed by atoms with Crippen molar-refractivity contribution in [2.45, 2.75) is 31.7 Å². The van der Waals surface area contributed by atoms with E-state index >= 15 is 0 Å². The van der Waals surface area contributed by atoms with Gasteiger partial charge in [0, 0.05) is 63.3 Å². The van der Waals surface area contributed by atoms with E-state index in [-0.39, 0.29) is 17.9 Å². The van der Waals surface area contributed by atoms with Crippen LogP contribution in [-0.4, -0.2) is 77.8 Å². The van der Waals surface area contributed by atoms with Gasteiger partial charge in [-0.15, -0.1) is 0 Å². The number of rotatable bonds is 5. The van der Waals surface area contributed by atoms with Gasteiger partial charge in [-0.3, -0.25) is 14.5 Å². The van der Waals surface area contributed by atoms with Crippen molar-refractivity contribution in [1.82, 2.24) is 19.7 Å². The number of hydrogen-bond donors (Lipinski definition) is 1. The SMILES string of the molecule is CN(C)C(=O)CN1C[C@@H]2CC[C@H](C1)N(C(=O)CCc1c[nH]c3ccccc13)C2. The molecule has 3 aliphatic heterocycles. The molecule has 3 saturated heterocycles. The highest BCUT2D eigenvalue weighted by Crippen LogP contribution is 2.29. The van der Waals surface area contributed by atoms with Gasteiger partial charge in [0.15, 0.2) is 0 Å². The largest absolute Gasteiger partial charge is 0.361 e. The van der Waals surface area contributed by atoms with Gasteiger partial charge in [0.1, 0.15) is 0 Å². The molecule has 1 aromatic heterocycles. The summed E-state index contributed by atoms with van der Waals surface area (Å²) >= 11 is 0. The van der Waals surface area contributed by atoms with Gasteiger partial charge in [-0.2, -0.15) is 0 Å². The Morgan fingerprint density at radius 2 is 1.96 bits per heavy atom. The lowest BCUT2D eigenvalue weighted by atomic mass is 9.94. The molecule has 2 bridgehead atoms. The maximum atomic E-state index is 13.0. The molecule has 6 nitrogen and oxygen atoms in total. The lowest BCUT2D eigenvalue weighted by molar-refractivity contribution is -0.135. The smallest absolute Gasteiger partial charge is 0.236 e. The van der Waals surface area contributed by atoms with Gasteiger partial charge >= 0.3 is 0 Å². The molecule has 5 rings (SSSR count). The molecule has 1 N–H and O–H groups in total. The summed E-state index contributed by atoms with van der Waals surface area (Å²) in [6.45, 7) is 3.03. The first-order chi connectivity index (χ1) is 13.5. The van der Waals surface area contributed by atoms with Crippen LogP contribution in [0.1, 0.15) is 24.8 Å². The van der Waals surface area contributed by atoms with E-state index in [1.54, 1.807) is 19.0 Å². The van der Waals surface area contributed by atoms with Crippen LogP contribution >= 0.6 is 0 Å². The molecule has 3 aliphatic rings. The van der Waals surface area contributed by atoms with Gasteiger partial charge in [-0.05, 0) is 36.8 Å². The van der Waals surface area contributed by atoms with E-state index in [0.717, 1.165) is 44.4 Å². The highest BCUT2D eigenvalue weighted by molar-refractivity contribution is 5.84. The number of piperidine rings is 1. The Balaban J connectivity index is 1.39. The predicted molar refractivity (Wildman–Crippen MR) is 110 cm³/mol. The Morgan fingerprint density at radius 3 is 2.79 bits per heavy atom. The second-order valence-electron chi connectivity index (χ2n) is 8.49. The highest BCUT2D eigenvalue weighted by atomic mass is 16.2. The van der Waals surface area contributed by atoms with Crippen LogP contribution in [0.5, 0.6) is 0 Å². The van der Waals surface area contributed by atoms with Crippen molar-refractivity contribution in [2.24, 2.45) is 5.92 Å². The summed E-state index contributed by atoms with van der Waals surface area (Å²) in [4.78, 5) is 34.4. The number of nitrogens with zero attached hydrogens (tertiary/aromatic N) is 3. The lowest BCUT2D eigenvalue weighted by Gasteiger charge is -2.36. The van der Waals surface area contributed by atoms with Crippen LogP contribution in [0.4, 0.5) is 0 Å². The molecular weight excluding hydrogens is 352 g/mol. The number of hydrogen-bond acceptors (Lipinski definition) is 3. The minimum absolute atomic E-state index is 0.138.